The highest BCUT2D eigenvalue weighted by Gasteiger charge is 2.19. The molecule has 0 radical (unpaired) electrons. The lowest BCUT2D eigenvalue weighted by atomic mass is 10.1. The van der Waals surface area contributed by atoms with Crippen molar-refractivity contribution in [2.45, 2.75) is 12.6 Å². The van der Waals surface area contributed by atoms with Gasteiger partial charge >= 0.3 is 0 Å². The van der Waals surface area contributed by atoms with Crippen LogP contribution in [-0.2, 0) is 6.54 Å². The van der Waals surface area contributed by atoms with Crippen LogP contribution in [0.25, 0.3) is 11.3 Å². The molecule has 3 nitrogen and oxygen atoms in total. The van der Waals surface area contributed by atoms with Gasteiger partial charge in [0, 0.05) is 11.1 Å². The molecule has 2 N–H and O–H groups in total. The Morgan fingerprint density at radius 2 is 1.81 bits per heavy atom. The molecule has 0 aliphatic carbocycles. The SMILES string of the molecule is Fc1ccc(-c2cnc(C[NH2+][C@@H](c3ccccc3)c3cccs3)o2)cc1. The maximum atomic E-state index is 13.1. The van der Waals surface area contributed by atoms with E-state index in [2.05, 4.69) is 52.1 Å². The van der Waals surface area contributed by atoms with E-state index in [1.54, 1.807) is 29.7 Å². The van der Waals surface area contributed by atoms with Crippen LogP contribution in [0, 0.1) is 5.82 Å². The minimum Gasteiger partial charge on any atom is -0.435 e. The van der Waals surface area contributed by atoms with Gasteiger partial charge in [0.25, 0.3) is 5.89 Å². The van der Waals surface area contributed by atoms with Crippen molar-refractivity contribution in [1.29, 1.82) is 0 Å². The third kappa shape index (κ3) is 3.74. The Balaban J connectivity index is 1.51. The van der Waals surface area contributed by atoms with Crippen LogP contribution in [0.2, 0.25) is 0 Å². The number of oxazole rings is 1. The molecule has 2 heterocycles. The van der Waals surface area contributed by atoms with Crippen LogP contribution in [0.4, 0.5) is 4.39 Å². The summed E-state index contributed by atoms with van der Waals surface area (Å²) in [5, 5.41) is 4.32. The molecule has 130 valence electrons. The predicted molar refractivity (Wildman–Crippen MR) is 100 cm³/mol. The number of thiophene rings is 1. The summed E-state index contributed by atoms with van der Waals surface area (Å²) >= 11 is 1.75. The van der Waals surface area contributed by atoms with Gasteiger partial charge in [-0.1, -0.05) is 36.4 Å². The van der Waals surface area contributed by atoms with Crippen molar-refractivity contribution >= 4 is 11.3 Å². The summed E-state index contributed by atoms with van der Waals surface area (Å²) in [5.41, 5.74) is 2.07. The maximum Gasteiger partial charge on any atom is 0.250 e. The number of nitrogens with zero attached hydrogens (tertiary/aromatic N) is 1. The van der Waals surface area contributed by atoms with Crippen LogP contribution in [0.1, 0.15) is 22.4 Å². The molecule has 5 heteroatoms. The fraction of sp³-hybridized carbons (Fsp3) is 0.0952. The van der Waals surface area contributed by atoms with Crippen molar-refractivity contribution in [3.05, 3.63) is 100 Å². The first-order chi connectivity index (χ1) is 12.8. The second-order valence-corrected chi connectivity index (χ2v) is 6.95. The minimum atomic E-state index is -0.261. The molecular weight excluding hydrogens is 347 g/mol. The van der Waals surface area contributed by atoms with Gasteiger partial charge in [-0.3, -0.25) is 0 Å². The quantitative estimate of drug-likeness (QED) is 0.550. The van der Waals surface area contributed by atoms with Gasteiger partial charge in [0.05, 0.1) is 11.1 Å². The van der Waals surface area contributed by atoms with Crippen molar-refractivity contribution in [3.8, 4) is 11.3 Å². The van der Waals surface area contributed by atoms with Crippen molar-refractivity contribution in [2.24, 2.45) is 0 Å². The molecule has 0 unspecified atom stereocenters. The molecule has 0 aliphatic heterocycles. The third-order valence-electron chi connectivity index (χ3n) is 4.22. The monoisotopic (exact) mass is 365 g/mol. The average molecular weight is 365 g/mol. The molecule has 0 fully saturated rings. The Labute approximate surface area is 155 Å². The molecular formula is C21H18FN2OS+. The van der Waals surface area contributed by atoms with E-state index >= 15 is 0 Å². The highest BCUT2D eigenvalue weighted by atomic mass is 32.1. The number of quaternary nitrogens is 1. The smallest absolute Gasteiger partial charge is 0.250 e. The summed E-state index contributed by atoms with van der Waals surface area (Å²) in [4.78, 5) is 5.67. The lowest BCUT2D eigenvalue weighted by Crippen LogP contribution is -2.83. The molecule has 2 aromatic heterocycles. The van der Waals surface area contributed by atoms with Gasteiger partial charge in [0.2, 0.25) is 0 Å². The lowest BCUT2D eigenvalue weighted by molar-refractivity contribution is -0.703. The van der Waals surface area contributed by atoms with E-state index in [4.69, 9.17) is 4.42 Å². The number of hydrogen-bond donors (Lipinski definition) is 1. The van der Waals surface area contributed by atoms with Gasteiger partial charge < -0.3 is 9.73 Å². The standard InChI is InChI=1S/C21H17FN2OS/c22-17-10-8-15(9-11-17)18-13-23-20(25-18)14-24-21(19-7-4-12-26-19)16-5-2-1-3-6-16/h1-13,21,24H,14H2/p+1/t21-/m0/s1. The van der Waals surface area contributed by atoms with Crippen LogP contribution < -0.4 is 5.32 Å². The average Bonchev–Trinajstić information content (AvgIpc) is 3.36. The minimum absolute atomic E-state index is 0.206. The highest BCUT2D eigenvalue weighted by Crippen LogP contribution is 2.23. The summed E-state index contributed by atoms with van der Waals surface area (Å²) < 4.78 is 18.9. The molecule has 1 atom stereocenters. The number of halogens is 1. The first-order valence-electron chi connectivity index (χ1n) is 8.42. The summed E-state index contributed by atoms with van der Waals surface area (Å²) in [5.74, 6) is 1.05. The molecule has 0 saturated heterocycles. The van der Waals surface area contributed by atoms with Crippen LogP contribution >= 0.6 is 11.3 Å². The number of rotatable bonds is 6. The Morgan fingerprint density at radius 3 is 2.54 bits per heavy atom. The topological polar surface area (TPSA) is 42.6 Å². The molecule has 26 heavy (non-hydrogen) atoms. The van der Waals surface area contributed by atoms with Crippen LogP contribution in [0.15, 0.2) is 82.7 Å². The zero-order valence-corrected chi connectivity index (χ0v) is 14.8. The normalized spacial score (nSPS) is 12.2. The fourth-order valence-electron chi connectivity index (χ4n) is 2.92. The van der Waals surface area contributed by atoms with E-state index in [1.807, 2.05) is 6.07 Å². The van der Waals surface area contributed by atoms with Crippen molar-refractivity contribution in [2.75, 3.05) is 0 Å². The molecule has 2 aromatic carbocycles. The molecule has 4 aromatic rings. The van der Waals surface area contributed by atoms with Crippen molar-refractivity contribution < 1.29 is 14.1 Å². The first kappa shape index (κ1) is 16.7. The summed E-state index contributed by atoms with van der Waals surface area (Å²) in [6.45, 7) is 0.624. The molecule has 0 bridgehead atoms. The van der Waals surface area contributed by atoms with E-state index in [0.717, 1.165) is 5.56 Å². The van der Waals surface area contributed by atoms with E-state index in [-0.39, 0.29) is 11.9 Å². The van der Waals surface area contributed by atoms with Crippen LogP contribution in [-0.4, -0.2) is 4.98 Å². The van der Waals surface area contributed by atoms with Gasteiger partial charge in [-0.05, 0) is 35.7 Å². The van der Waals surface area contributed by atoms with Gasteiger partial charge in [-0.25, -0.2) is 9.37 Å². The number of nitrogens with two attached hydrogens (primary N) is 1. The van der Waals surface area contributed by atoms with Crippen LogP contribution in [0.3, 0.4) is 0 Å². The molecule has 0 spiro atoms. The Bertz CT molecular complexity index is 949. The second-order valence-electron chi connectivity index (χ2n) is 5.97. The Kier molecular flexibility index (Phi) is 4.91. The number of benzene rings is 2. The van der Waals surface area contributed by atoms with Crippen molar-refractivity contribution in [3.63, 3.8) is 0 Å². The van der Waals surface area contributed by atoms with Gasteiger partial charge in [-0.2, -0.15) is 0 Å². The molecule has 0 amide bonds. The maximum absolute atomic E-state index is 13.1. The summed E-state index contributed by atoms with van der Waals surface area (Å²) in [7, 11) is 0. The lowest BCUT2D eigenvalue weighted by Gasteiger charge is -2.13. The second kappa shape index (κ2) is 7.64. The highest BCUT2D eigenvalue weighted by molar-refractivity contribution is 7.10. The van der Waals surface area contributed by atoms with E-state index < -0.39 is 0 Å². The molecule has 0 aliphatic rings. The molecule has 4 rings (SSSR count). The zero-order chi connectivity index (χ0) is 17.8. The summed E-state index contributed by atoms with van der Waals surface area (Å²) in [6.07, 6.45) is 1.69. The zero-order valence-electron chi connectivity index (χ0n) is 14.0. The van der Waals surface area contributed by atoms with Crippen LogP contribution in [0.5, 0.6) is 0 Å². The van der Waals surface area contributed by atoms with E-state index in [0.29, 0.717) is 18.2 Å². The van der Waals surface area contributed by atoms with Gasteiger partial charge in [0.15, 0.2) is 12.3 Å². The van der Waals surface area contributed by atoms with E-state index in [1.165, 1.54) is 22.6 Å². The van der Waals surface area contributed by atoms with Gasteiger partial charge in [-0.15, -0.1) is 11.3 Å². The van der Waals surface area contributed by atoms with E-state index in [9.17, 15) is 4.39 Å². The van der Waals surface area contributed by atoms with Gasteiger partial charge in [0.1, 0.15) is 11.9 Å². The Hall–Kier alpha value is -2.76. The van der Waals surface area contributed by atoms with Crippen molar-refractivity contribution in [1.82, 2.24) is 4.98 Å². The number of hydrogen-bond acceptors (Lipinski definition) is 3. The Morgan fingerprint density at radius 1 is 1.00 bits per heavy atom. The number of aromatic nitrogens is 1. The summed E-state index contributed by atoms with van der Waals surface area (Å²) in [6, 6.07) is 21.1. The first-order valence-corrected chi connectivity index (χ1v) is 9.30. The predicted octanol–water partition coefficient (Wildman–Crippen LogP) is 4.40. The largest absolute Gasteiger partial charge is 0.435 e. The third-order valence-corrected chi connectivity index (χ3v) is 5.17. The fourth-order valence-corrected chi connectivity index (χ4v) is 3.77. The molecule has 0 saturated carbocycles.